The Balaban J connectivity index is 1.57. The number of hydrogen-bond donors (Lipinski definition) is 1. The van der Waals surface area contributed by atoms with Crippen LogP contribution in [-0.4, -0.2) is 33.8 Å². The van der Waals surface area contributed by atoms with Crippen molar-refractivity contribution in [1.82, 2.24) is 15.0 Å². The number of nitrogens with two attached hydrogens (primary N) is 1. The minimum atomic E-state index is -1.35. The Hall–Kier alpha value is -2.87. The summed E-state index contributed by atoms with van der Waals surface area (Å²) in [5, 5.41) is 0.477. The first kappa shape index (κ1) is 18.2. The van der Waals surface area contributed by atoms with Gasteiger partial charge in [-0.1, -0.05) is 17.7 Å². The van der Waals surface area contributed by atoms with Gasteiger partial charge in [0.1, 0.15) is 36.0 Å². The quantitative estimate of drug-likeness (QED) is 0.706. The second kappa shape index (κ2) is 6.59. The van der Waals surface area contributed by atoms with Gasteiger partial charge in [-0.15, -0.1) is 0 Å². The van der Waals surface area contributed by atoms with Crippen LogP contribution in [0.3, 0.4) is 0 Å². The summed E-state index contributed by atoms with van der Waals surface area (Å²) < 4.78 is 34.4. The summed E-state index contributed by atoms with van der Waals surface area (Å²) in [6.45, 7) is -0.852. The van der Waals surface area contributed by atoms with Gasteiger partial charge in [0.25, 0.3) is 6.02 Å². The number of benzene rings is 1. The summed E-state index contributed by atoms with van der Waals surface area (Å²) in [6.07, 6.45) is 3.71. The van der Waals surface area contributed by atoms with Crippen LogP contribution in [0, 0.1) is 11.7 Å². The summed E-state index contributed by atoms with van der Waals surface area (Å²) >= 11 is 5.98. The van der Waals surface area contributed by atoms with Crippen molar-refractivity contribution < 1.29 is 13.5 Å². The van der Waals surface area contributed by atoms with Crippen LogP contribution in [0.4, 0.5) is 8.78 Å². The van der Waals surface area contributed by atoms with Crippen LogP contribution in [-0.2, 0) is 16.7 Å². The average molecular weight is 416 g/mol. The highest BCUT2D eigenvalue weighted by atomic mass is 35.5. The normalized spacial score (nSPS) is 25.3. The standard InChI is InChI=1S/C20H16ClF2N5O/c21-11-5-16-18(25-7-11)15(26-9-27-16)4-10-1-2-14(23)12(3-10)20(8-22)13-6-17(13)29-19(24)28-20/h1-3,5,7,9,13,17H,4,6,8H2,(H2,24,28)/t13-,17+,20+/m0/s1. The van der Waals surface area contributed by atoms with E-state index in [9.17, 15) is 8.78 Å². The van der Waals surface area contributed by atoms with Crippen LogP contribution < -0.4 is 5.73 Å². The Morgan fingerprint density at radius 3 is 2.93 bits per heavy atom. The van der Waals surface area contributed by atoms with E-state index < -0.39 is 18.0 Å². The van der Waals surface area contributed by atoms with E-state index in [-0.39, 0.29) is 23.6 Å². The second-order valence-corrected chi connectivity index (χ2v) is 7.78. The molecule has 29 heavy (non-hydrogen) atoms. The topological polar surface area (TPSA) is 86.3 Å². The lowest BCUT2D eigenvalue weighted by Crippen LogP contribution is -2.39. The maximum absolute atomic E-state index is 14.8. The van der Waals surface area contributed by atoms with Crippen LogP contribution in [0.2, 0.25) is 5.02 Å². The van der Waals surface area contributed by atoms with E-state index in [2.05, 4.69) is 19.9 Å². The minimum Gasteiger partial charge on any atom is -0.462 e. The molecular formula is C20H16ClF2N5O. The summed E-state index contributed by atoms with van der Waals surface area (Å²) in [7, 11) is 0. The first-order valence-corrected chi connectivity index (χ1v) is 9.50. The van der Waals surface area contributed by atoms with Gasteiger partial charge >= 0.3 is 0 Å². The number of alkyl halides is 1. The van der Waals surface area contributed by atoms with E-state index in [0.717, 1.165) is 5.56 Å². The number of ether oxygens (including phenoxy) is 1. The lowest BCUT2D eigenvalue weighted by Gasteiger charge is -2.31. The molecule has 0 saturated heterocycles. The van der Waals surface area contributed by atoms with Crippen molar-refractivity contribution >= 4 is 28.7 Å². The molecule has 9 heteroatoms. The van der Waals surface area contributed by atoms with Crippen LogP contribution in [0.15, 0.2) is 41.8 Å². The summed E-state index contributed by atoms with van der Waals surface area (Å²) in [5.74, 6) is -0.749. The van der Waals surface area contributed by atoms with Crippen LogP contribution in [0.25, 0.3) is 11.0 Å². The first-order valence-electron chi connectivity index (χ1n) is 9.12. The van der Waals surface area contributed by atoms with Gasteiger partial charge in [0.2, 0.25) is 0 Å². The zero-order chi connectivity index (χ0) is 20.2. The lowest BCUT2D eigenvalue weighted by molar-refractivity contribution is 0.168. The average Bonchev–Trinajstić information content (AvgIpc) is 3.48. The van der Waals surface area contributed by atoms with Gasteiger partial charge < -0.3 is 10.5 Å². The predicted octanol–water partition coefficient (Wildman–Crippen LogP) is 3.31. The van der Waals surface area contributed by atoms with E-state index in [0.29, 0.717) is 34.6 Å². The molecule has 0 unspecified atom stereocenters. The molecule has 3 aromatic rings. The molecular weight excluding hydrogens is 400 g/mol. The van der Waals surface area contributed by atoms with Crippen LogP contribution in [0.5, 0.6) is 0 Å². The molecule has 0 spiro atoms. The van der Waals surface area contributed by atoms with E-state index in [4.69, 9.17) is 22.1 Å². The fourth-order valence-electron chi connectivity index (χ4n) is 4.03. The summed E-state index contributed by atoms with van der Waals surface area (Å²) in [4.78, 5) is 17.0. The number of pyridine rings is 1. The van der Waals surface area contributed by atoms with Crippen molar-refractivity contribution in [2.75, 3.05) is 6.67 Å². The number of aliphatic imine (C=N–C) groups is 1. The van der Waals surface area contributed by atoms with Crippen molar-refractivity contribution in [2.45, 2.75) is 24.5 Å². The fraction of sp³-hybridized carbons (Fsp3) is 0.300. The fourth-order valence-corrected chi connectivity index (χ4v) is 4.19. The smallest absolute Gasteiger partial charge is 0.283 e. The molecule has 1 fully saturated rings. The highest BCUT2D eigenvalue weighted by Gasteiger charge is 2.60. The molecule has 1 aliphatic heterocycles. The Labute approximate surface area is 169 Å². The Morgan fingerprint density at radius 2 is 2.10 bits per heavy atom. The van der Waals surface area contributed by atoms with Crippen LogP contribution >= 0.6 is 11.6 Å². The number of nitrogens with zero attached hydrogens (tertiary/aromatic N) is 4. The van der Waals surface area contributed by atoms with Gasteiger partial charge in [0.05, 0.1) is 16.2 Å². The molecule has 5 rings (SSSR count). The van der Waals surface area contributed by atoms with E-state index in [1.807, 2.05) is 0 Å². The van der Waals surface area contributed by atoms with Gasteiger partial charge in [0.15, 0.2) is 0 Å². The second-order valence-electron chi connectivity index (χ2n) is 7.34. The van der Waals surface area contributed by atoms with Crippen molar-refractivity contribution in [1.29, 1.82) is 0 Å². The number of hydrogen-bond acceptors (Lipinski definition) is 6. The molecule has 1 aromatic carbocycles. The molecule has 0 bridgehead atoms. The van der Waals surface area contributed by atoms with Gasteiger partial charge in [0, 0.05) is 24.1 Å². The van der Waals surface area contributed by atoms with E-state index in [1.54, 1.807) is 18.2 Å². The molecule has 2 aromatic heterocycles. The molecule has 0 radical (unpaired) electrons. The predicted molar refractivity (Wildman–Crippen MR) is 104 cm³/mol. The largest absolute Gasteiger partial charge is 0.462 e. The van der Waals surface area contributed by atoms with Crippen molar-refractivity contribution in [3.8, 4) is 0 Å². The third-order valence-electron chi connectivity index (χ3n) is 5.52. The number of amidine groups is 1. The van der Waals surface area contributed by atoms with Crippen LogP contribution in [0.1, 0.15) is 23.2 Å². The molecule has 1 aliphatic carbocycles. The molecule has 148 valence electrons. The highest BCUT2D eigenvalue weighted by Crippen LogP contribution is 2.53. The number of fused-ring (bicyclic) bond motifs is 2. The summed E-state index contributed by atoms with van der Waals surface area (Å²) in [5.41, 5.74) is 7.21. The lowest BCUT2D eigenvalue weighted by atomic mass is 9.84. The van der Waals surface area contributed by atoms with E-state index >= 15 is 0 Å². The zero-order valence-corrected chi connectivity index (χ0v) is 15.9. The van der Waals surface area contributed by atoms with Gasteiger partial charge in [-0.2, -0.15) is 0 Å². The molecule has 3 heterocycles. The maximum Gasteiger partial charge on any atom is 0.283 e. The molecule has 2 aliphatic rings. The molecule has 3 atom stereocenters. The molecule has 0 amide bonds. The van der Waals surface area contributed by atoms with Gasteiger partial charge in [-0.3, -0.25) is 4.98 Å². The van der Waals surface area contributed by atoms with Crippen molar-refractivity contribution in [2.24, 2.45) is 16.6 Å². The van der Waals surface area contributed by atoms with E-state index in [1.165, 1.54) is 18.6 Å². The monoisotopic (exact) mass is 415 g/mol. The van der Waals surface area contributed by atoms with Crippen molar-refractivity contribution in [3.63, 3.8) is 0 Å². The Bertz CT molecular complexity index is 1160. The minimum absolute atomic E-state index is 0.103. The Kier molecular flexibility index (Phi) is 4.13. The molecule has 2 N–H and O–H groups in total. The highest BCUT2D eigenvalue weighted by molar-refractivity contribution is 6.31. The molecule has 6 nitrogen and oxygen atoms in total. The van der Waals surface area contributed by atoms with Gasteiger partial charge in [-0.25, -0.2) is 23.7 Å². The third kappa shape index (κ3) is 2.98. The summed E-state index contributed by atoms with van der Waals surface area (Å²) in [6, 6.07) is 6.21. The van der Waals surface area contributed by atoms with Crippen molar-refractivity contribution in [3.05, 3.63) is 64.5 Å². The Morgan fingerprint density at radius 1 is 1.24 bits per heavy atom. The number of halogens is 3. The first-order chi connectivity index (χ1) is 14.0. The zero-order valence-electron chi connectivity index (χ0n) is 15.1. The third-order valence-corrected chi connectivity index (χ3v) is 5.72. The number of rotatable bonds is 4. The SMILES string of the molecule is NC1=N[C@](CF)(c2cc(Cc3ncnc4cc(Cl)cnc34)ccc2F)[C@H]2C[C@H]2O1. The maximum atomic E-state index is 14.8. The van der Waals surface area contributed by atoms with Gasteiger partial charge in [-0.05, 0) is 30.2 Å². The molecule has 1 saturated carbocycles. The number of aromatic nitrogens is 3.